The van der Waals surface area contributed by atoms with Gasteiger partial charge in [0.05, 0.1) is 19.4 Å². The third kappa shape index (κ3) is 4.66. The van der Waals surface area contributed by atoms with Crippen molar-refractivity contribution in [3.05, 3.63) is 53.6 Å². The molecule has 0 unspecified atom stereocenters. The lowest BCUT2D eigenvalue weighted by Gasteiger charge is -2.11. The number of benzene rings is 2. The first kappa shape index (κ1) is 19.8. The summed E-state index contributed by atoms with van der Waals surface area (Å²) in [5.74, 6) is 3.73. The van der Waals surface area contributed by atoms with Crippen LogP contribution in [0.15, 0.2) is 53.7 Å². The highest BCUT2D eigenvalue weighted by atomic mass is 35.5. The second-order valence-electron chi connectivity index (χ2n) is 5.62. The van der Waals surface area contributed by atoms with Gasteiger partial charge in [-0.05, 0) is 36.4 Å². The quantitative estimate of drug-likeness (QED) is 0.475. The first-order valence-corrected chi connectivity index (χ1v) is 9.67. The molecule has 0 aliphatic rings. The highest BCUT2D eigenvalue weighted by molar-refractivity contribution is 7.99. The highest BCUT2D eigenvalue weighted by Crippen LogP contribution is 2.30. The zero-order valence-electron chi connectivity index (χ0n) is 15.1. The molecule has 0 spiro atoms. The average Bonchev–Trinajstić information content (AvgIpc) is 3.15. The van der Waals surface area contributed by atoms with Crippen molar-refractivity contribution in [3.63, 3.8) is 0 Å². The molecule has 142 valence electrons. The molecule has 1 amide bonds. The van der Waals surface area contributed by atoms with Crippen LogP contribution in [0.2, 0.25) is 5.02 Å². The van der Waals surface area contributed by atoms with E-state index >= 15 is 0 Å². The number of rotatable bonds is 7. The number of nitrogens with zero attached hydrogens (tertiary/aromatic N) is 3. The molecule has 2 aromatic carbocycles. The van der Waals surface area contributed by atoms with Crippen LogP contribution in [0.1, 0.15) is 0 Å². The maximum atomic E-state index is 11.9. The molecule has 0 aliphatic carbocycles. The molecule has 6 nitrogen and oxygen atoms in total. The molecule has 1 N–H and O–H groups in total. The van der Waals surface area contributed by atoms with E-state index < -0.39 is 0 Å². The summed E-state index contributed by atoms with van der Waals surface area (Å²) < 4.78 is 7.19. The minimum atomic E-state index is -0.170. The van der Waals surface area contributed by atoms with Crippen LogP contribution in [-0.2, 0) is 4.79 Å². The fourth-order valence-electron chi connectivity index (χ4n) is 2.47. The number of amides is 1. The Morgan fingerprint density at radius 2 is 2.07 bits per heavy atom. The topological polar surface area (TPSA) is 69.0 Å². The number of ether oxygens (including phenoxy) is 1. The predicted molar refractivity (Wildman–Crippen MR) is 111 cm³/mol. The van der Waals surface area contributed by atoms with Gasteiger partial charge >= 0.3 is 0 Å². The number of terminal acetylenes is 1. The van der Waals surface area contributed by atoms with E-state index in [1.807, 2.05) is 41.0 Å². The van der Waals surface area contributed by atoms with Crippen molar-refractivity contribution in [2.24, 2.45) is 0 Å². The van der Waals surface area contributed by atoms with Gasteiger partial charge in [0.15, 0.2) is 11.0 Å². The van der Waals surface area contributed by atoms with E-state index in [0.717, 1.165) is 11.3 Å². The normalized spacial score (nSPS) is 10.3. The van der Waals surface area contributed by atoms with E-state index in [1.54, 1.807) is 19.2 Å². The summed E-state index contributed by atoms with van der Waals surface area (Å²) in [6, 6.07) is 14.9. The first-order chi connectivity index (χ1) is 13.6. The second-order valence-corrected chi connectivity index (χ2v) is 7.00. The van der Waals surface area contributed by atoms with Gasteiger partial charge in [-0.25, -0.2) is 0 Å². The Balaban J connectivity index is 1.98. The Kier molecular flexibility index (Phi) is 6.58. The Hall–Kier alpha value is -2.95. The maximum Gasteiger partial charge on any atom is 0.231 e. The highest BCUT2D eigenvalue weighted by Gasteiger charge is 2.17. The second kappa shape index (κ2) is 9.31. The summed E-state index contributed by atoms with van der Waals surface area (Å²) in [6.45, 7) is 0.193. The largest absolute Gasteiger partial charge is 0.497 e. The van der Waals surface area contributed by atoms with Crippen molar-refractivity contribution in [3.8, 4) is 35.2 Å². The smallest absolute Gasteiger partial charge is 0.231 e. The predicted octanol–water partition coefficient (Wildman–Crippen LogP) is 3.44. The Labute approximate surface area is 172 Å². The molecular weight excluding hydrogens is 396 g/mol. The standard InChI is InChI=1S/C20H17ClN4O2S/c1-3-11-22-18(26)13-28-20-24-23-19(14-5-4-6-17(12-14)27-2)25(20)16-9-7-15(21)8-10-16/h1,4-10,12H,11,13H2,2H3,(H,22,26). The lowest BCUT2D eigenvalue weighted by Crippen LogP contribution is -2.25. The summed E-state index contributed by atoms with van der Waals surface area (Å²) in [7, 11) is 1.61. The molecule has 0 aliphatic heterocycles. The van der Waals surface area contributed by atoms with Crippen LogP contribution in [0.25, 0.3) is 17.1 Å². The molecular formula is C20H17ClN4O2S. The fraction of sp³-hybridized carbons (Fsp3) is 0.150. The Bertz CT molecular complexity index is 1010. The van der Waals surface area contributed by atoms with Crippen molar-refractivity contribution in [2.45, 2.75) is 5.16 Å². The van der Waals surface area contributed by atoms with Crippen molar-refractivity contribution in [1.82, 2.24) is 20.1 Å². The van der Waals surface area contributed by atoms with Crippen LogP contribution < -0.4 is 10.1 Å². The molecule has 0 radical (unpaired) electrons. The summed E-state index contributed by atoms with van der Waals surface area (Å²) in [6.07, 6.45) is 5.17. The Morgan fingerprint density at radius 1 is 1.29 bits per heavy atom. The van der Waals surface area contributed by atoms with E-state index in [0.29, 0.717) is 21.8 Å². The third-order valence-electron chi connectivity index (χ3n) is 3.77. The lowest BCUT2D eigenvalue weighted by atomic mass is 10.2. The lowest BCUT2D eigenvalue weighted by molar-refractivity contribution is -0.118. The van der Waals surface area contributed by atoms with Crippen LogP contribution in [0.3, 0.4) is 0 Å². The van der Waals surface area contributed by atoms with E-state index in [4.69, 9.17) is 22.8 Å². The first-order valence-electron chi connectivity index (χ1n) is 8.31. The number of carbonyl (C=O) groups excluding carboxylic acids is 1. The Morgan fingerprint density at radius 3 is 2.79 bits per heavy atom. The van der Waals surface area contributed by atoms with Crippen LogP contribution in [0.5, 0.6) is 5.75 Å². The third-order valence-corrected chi connectivity index (χ3v) is 4.95. The molecule has 0 saturated carbocycles. The van der Waals surface area contributed by atoms with Crippen LogP contribution in [0.4, 0.5) is 0 Å². The molecule has 0 saturated heterocycles. The number of hydrogen-bond donors (Lipinski definition) is 1. The molecule has 3 rings (SSSR count). The number of methoxy groups -OCH3 is 1. The number of aromatic nitrogens is 3. The van der Waals surface area contributed by atoms with Crippen LogP contribution in [-0.4, -0.2) is 40.1 Å². The minimum absolute atomic E-state index is 0.170. The van der Waals surface area contributed by atoms with Crippen molar-refractivity contribution in [1.29, 1.82) is 0 Å². The summed E-state index contributed by atoms with van der Waals surface area (Å²) >= 11 is 7.30. The van der Waals surface area contributed by atoms with Gasteiger partial charge in [0, 0.05) is 16.3 Å². The van der Waals surface area contributed by atoms with Crippen LogP contribution >= 0.6 is 23.4 Å². The number of nitrogens with one attached hydrogen (secondary N) is 1. The minimum Gasteiger partial charge on any atom is -0.497 e. The molecule has 8 heteroatoms. The zero-order valence-corrected chi connectivity index (χ0v) is 16.6. The molecule has 0 fully saturated rings. The average molecular weight is 413 g/mol. The van der Waals surface area contributed by atoms with Crippen molar-refractivity contribution in [2.75, 3.05) is 19.4 Å². The maximum absolute atomic E-state index is 11.9. The number of hydrogen-bond acceptors (Lipinski definition) is 5. The molecule has 3 aromatic rings. The zero-order chi connectivity index (χ0) is 19.9. The van der Waals surface area contributed by atoms with Gasteiger partial charge in [-0.3, -0.25) is 9.36 Å². The van der Waals surface area contributed by atoms with E-state index in [-0.39, 0.29) is 18.2 Å². The van der Waals surface area contributed by atoms with Gasteiger partial charge in [-0.15, -0.1) is 16.6 Å². The molecule has 0 atom stereocenters. The summed E-state index contributed by atoms with van der Waals surface area (Å²) in [5.41, 5.74) is 1.67. The van der Waals surface area contributed by atoms with Crippen LogP contribution in [0, 0.1) is 12.3 Å². The van der Waals surface area contributed by atoms with E-state index in [1.165, 1.54) is 11.8 Å². The number of thioether (sulfide) groups is 1. The van der Waals surface area contributed by atoms with Crippen molar-refractivity contribution < 1.29 is 9.53 Å². The molecule has 1 aromatic heterocycles. The molecule has 1 heterocycles. The van der Waals surface area contributed by atoms with Gasteiger partial charge < -0.3 is 10.1 Å². The fourth-order valence-corrected chi connectivity index (χ4v) is 3.37. The van der Waals surface area contributed by atoms with E-state index in [9.17, 15) is 4.79 Å². The van der Waals surface area contributed by atoms with Gasteiger partial charge in [-0.2, -0.15) is 0 Å². The van der Waals surface area contributed by atoms with Gasteiger partial charge in [-0.1, -0.05) is 41.4 Å². The number of carbonyl (C=O) groups is 1. The number of halogens is 1. The van der Waals surface area contributed by atoms with Crippen molar-refractivity contribution >= 4 is 29.3 Å². The summed E-state index contributed by atoms with van der Waals surface area (Å²) in [4.78, 5) is 11.9. The van der Waals surface area contributed by atoms with Gasteiger partial charge in [0.25, 0.3) is 0 Å². The molecule has 0 bridgehead atoms. The monoisotopic (exact) mass is 412 g/mol. The summed E-state index contributed by atoms with van der Waals surface area (Å²) in [5, 5.41) is 12.5. The van der Waals surface area contributed by atoms with E-state index in [2.05, 4.69) is 21.4 Å². The SMILES string of the molecule is C#CCNC(=O)CSc1nnc(-c2cccc(OC)c2)n1-c1ccc(Cl)cc1. The molecule has 28 heavy (non-hydrogen) atoms. The van der Waals surface area contributed by atoms with Gasteiger partial charge in [0.1, 0.15) is 5.75 Å². The van der Waals surface area contributed by atoms with Gasteiger partial charge in [0.2, 0.25) is 5.91 Å².